The summed E-state index contributed by atoms with van der Waals surface area (Å²) in [5.74, 6) is 0.825. The van der Waals surface area contributed by atoms with Gasteiger partial charge in [0.1, 0.15) is 6.61 Å². The van der Waals surface area contributed by atoms with E-state index in [1.165, 1.54) is 16.3 Å². The highest BCUT2D eigenvalue weighted by Crippen LogP contribution is 2.20. The molecular weight excluding hydrogens is 248 g/mol. The second-order valence-electron chi connectivity index (χ2n) is 4.87. The molecular formula is C17H18N2O. The summed E-state index contributed by atoms with van der Waals surface area (Å²) in [5.41, 5.74) is 1.20. The fourth-order valence-electron chi connectivity index (χ4n) is 2.35. The molecule has 3 rings (SSSR count). The lowest BCUT2D eigenvalue weighted by molar-refractivity contribution is 0.307. The summed E-state index contributed by atoms with van der Waals surface area (Å²) < 4.78 is 7.76. The zero-order chi connectivity index (χ0) is 13.8. The summed E-state index contributed by atoms with van der Waals surface area (Å²) in [4.78, 5) is 0. The Morgan fingerprint density at radius 1 is 1.10 bits per heavy atom. The van der Waals surface area contributed by atoms with Crippen molar-refractivity contribution in [2.75, 3.05) is 0 Å². The number of hydrogen-bond acceptors (Lipinski definition) is 2. The Morgan fingerprint density at radius 3 is 2.85 bits per heavy atom. The lowest BCUT2D eigenvalue weighted by atomic mass is 10.1. The van der Waals surface area contributed by atoms with Crippen LogP contribution in [0, 0.1) is 0 Å². The average molecular weight is 266 g/mol. The summed E-state index contributed by atoms with van der Waals surface area (Å²) >= 11 is 0. The minimum absolute atomic E-state index is 0.569. The van der Waals surface area contributed by atoms with Gasteiger partial charge in [0, 0.05) is 6.54 Å². The van der Waals surface area contributed by atoms with Crippen molar-refractivity contribution in [2.45, 2.75) is 26.5 Å². The molecule has 0 N–H and O–H groups in total. The number of fused-ring (bicyclic) bond motifs is 1. The predicted octanol–water partition coefficient (Wildman–Crippen LogP) is 4.03. The summed E-state index contributed by atoms with van der Waals surface area (Å²) in [6.45, 7) is 3.63. The molecule has 3 heteroatoms. The molecule has 102 valence electrons. The van der Waals surface area contributed by atoms with Crippen molar-refractivity contribution in [2.24, 2.45) is 0 Å². The molecule has 0 saturated carbocycles. The Labute approximate surface area is 118 Å². The van der Waals surface area contributed by atoms with Gasteiger partial charge in [-0.15, -0.1) is 0 Å². The van der Waals surface area contributed by atoms with Gasteiger partial charge in [0.05, 0.1) is 12.4 Å². The van der Waals surface area contributed by atoms with Crippen molar-refractivity contribution in [1.29, 1.82) is 0 Å². The van der Waals surface area contributed by atoms with E-state index in [-0.39, 0.29) is 0 Å². The van der Waals surface area contributed by atoms with Crippen LogP contribution in [0.15, 0.2) is 54.9 Å². The van der Waals surface area contributed by atoms with E-state index in [4.69, 9.17) is 4.74 Å². The van der Waals surface area contributed by atoms with Gasteiger partial charge >= 0.3 is 0 Å². The minimum Gasteiger partial charge on any atom is -0.486 e. The van der Waals surface area contributed by atoms with Crippen molar-refractivity contribution < 1.29 is 4.74 Å². The molecule has 3 nitrogen and oxygen atoms in total. The number of aromatic nitrogens is 2. The third-order valence-corrected chi connectivity index (χ3v) is 3.34. The van der Waals surface area contributed by atoms with Crippen LogP contribution in [-0.4, -0.2) is 9.78 Å². The number of aryl methyl sites for hydroxylation is 1. The van der Waals surface area contributed by atoms with Crippen LogP contribution in [-0.2, 0) is 13.2 Å². The molecule has 0 amide bonds. The molecule has 0 unspecified atom stereocenters. The quantitative estimate of drug-likeness (QED) is 0.697. The van der Waals surface area contributed by atoms with Crippen LogP contribution in [0.4, 0.5) is 0 Å². The van der Waals surface area contributed by atoms with Crippen molar-refractivity contribution in [3.8, 4) is 5.75 Å². The standard InChI is InChI=1S/C17H18N2O/c1-2-10-19-12-16(11-18-19)20-13-15-8-5-7-14-6-3-4-9-17(14)15/h3-9,11-12H,2,10,13H2,1H3. The maximum absolute atomic E-state index is 5.84. The normalized spacial score (nSPS) is 10.8. The molecule has 20 heavy (non-hydrogen) atoms. The van der Waals surface area contributed by atoms with Crippen LogP contribution in [0.1, 0.15) is 18.9 Å². The van der Waals surface area contributed by atoms with E-state index >= 15 is 0 Å². The molecule has 0 saturated heterocycles. The van der Waals surface area contributed by atoms with Crippen LogP contribution in [0.2, 0.25) is 0 Å². The van der Waals surface area contributed by atoms with Crippen LogP contribution in [0.5, 0.6) is 5.75 Å². The fourth-order valence-corrected chi connectivity index (χ4v) is 2.35. The number of hydrogen-bond donors (Lipinski definition) is 0. The number of rotatable bonds is 5. The van der Waals surface area contributed by atoms with Crippen LogP contribution < -0.4 is 4.74 Å². The number of benzene rings is 2. The molecule has 1 aromatic heterocycles. The topological polar surface area (TPSA) is 27.1 Å². The number of ether oxygens (including phenoxy) is 1. The van der Waals surface area contributed by atoms with Gasteiger partial charge in [-0.05, 0) is 22.8 Å². The Hall–Kier alpha value is -2.29. The first-order chi connectivity index (χ1) is 9.86. The van der Waals surface area contributed by atoms with E-state index in [0.29, 0.717) is 6.61 Å². The van der Waals surface area contributed by atoms with Crippen LogP contribution in [0.25, 0.3) is 10.8 Å². The van der Waals surface area contributed by atoms with Crippen LogP contribution >= 0.6 is 0 Å². The molecule has 0 aliphatic heterocycles. The van der Waals surface area contributed by atoms with Gasteiger partial charge in [-0.25, -0.2) is 0 Å². The van der Waals surface area contributed by atoms with E-state index in [0.717, 1.165) is 18.7 Å². The lowest BCUT2D eigenvalue weighted by Crippen LogP contribution is -1.97. The minimum atomic E-state index is 0.569. The molecule has 3 aromatic rings. The smallest absolute Gasteiger partial charge is 0.157 e. The first-order valence-electron chi connectivity index (χ1n) is 6.98. The van der Waals surface area contributed by atoms with Crippen LogP contribution in [0.3, 0.4) is 0 Å². The highest BCUT2D eigenvalue weighted by molar-refractivity contribution is 5.85. The first kappa shape index (κ1) is 12.7. The second kappa shape index (κ2) is 5.78. The monoisotopic (exact) mass is 266 g/mol. The molecule has 0 fully saturated rings. The highest BCUT2D eigenvalue weighted by atomic mass is 16.5. The van der Waals surface area contributed by atoms with Gasteiger partial charge in [-0.3, -0.25) is 4.68 Å². The fraction of sp³-hybridized carbons (Fsp3) is 0.235. The van der Waals surface area contributed by atoms with Gasteiger partial charge in [0.15, 0.2) is 5.75 Å². The molecule has 0 aliphatic carbocycles. The zero-order valence-electron chi connectivity index (χ0n) is 11.6. The molecule has 0 radical (unpaired) electrons. The van der Waals surface area contributed by atoms with Crippen molar-refractivity contribution in [3.63, 3.8) is 0 Å². The molecule has 0 spiro atoms. The van der Waals surface area contributed by atoms with E-state index < -0.39 is 0 Å². The Kier molecular flexibility index (Phi) is 3.68. The Morgan fingerprint density at radius 2 is 1.95 bits per heavy atom. The van der Waals surface area contributed by atoms with E-state index in [1.807, 2.05) is 10.9 Å². The Balaban J connectivity index is 1.76. The Bertz CT molecular complexity index is 698. The summed E-state index contributed by atoms with van der Waals surface area (Å²) in [7, 11) is 0. The first-order valence-corrected chi connectivity index (χ1v) is 6.98. The average Bonchev–Trinajstić information content (AvgIpc) is 2.93. The maximum Gasteiger partial charge on any atom is 0.157 e. The number of nitrogens with zero attached hydrogens (tertiary/aromatic N) is 2. The van der Waals surface area contributed by atoms with E-state index in [1.54, 1.807) is 6.20 Å². The summed E-state index contributed by atoms with van der Waals surface area (Å²) in [6.07, 6.45) is 4.81. The summed E-state index contributed by atoms with van der Waals surface area (Å²) in [6, 6.07) is 14.7. The van der Waals surface area contributed by atoms with E-state index in [9.17, 15) is 0 Å². The maximum atomic E-state index is 5.84. The van der Waals surface area contributed by atoms with Gasteiger partial charge in [0.25, 0.3) is 0 Å². The molecule has 0 aliphatic rings. The third kappa shape index (κ3) is 2.67. The molecule has 0 atom stereocenters. The highest BCUT2D eigenvalue weighted by Gasteiger charge is 2.03. The largest absolute Gasteiger partial charge is 0.486 e. The van der Waals surface area contributed by atoms with Gasteiger partial charge in [-0.1, -0.05) is 49.4 Å². The van der Waals surface area contributed by atoms with Crippen molar-refractivity contribution >= 4 is 10.8 Å². The van der Waals surface area contributed by atoms with Gasteiger partial charge in [0.2, 0.25) is 0 Å². The van der Waals surface area contributed by atoms with Crippen molar-refractivity contribution in [1.82, 2.24) is 9.78 Å². The predicted molar refractivity (Wildman–Crippen MR) is 80.8 cm³/mol. The van der Waals surface area contributed by atoms with Crippen molar-refractivity contribution in [3.05, 3.63) is 60.4 Å². The second-order valence-corrected chi connectivity index (χ2v) is 4.87. The van der Waals surface area contributed by atoms with Gasteiger partial charge in [-0.2, -0.15) is 5.10 Å². The zero-order valence-corrected chi connectivity index (χ0v) is 11.6. The molecule has 2 aromatic carbocycles. The molecule has 0 bridgehead atoms. The SMILES string of the molecule is CCCn1cc(OCc2cccc3ccccc23)cn1. The van der Waals surface area contributed by atoms with E-state index in [2.05, 4.69) is 54.5 Å². The third-order valence-electron chi connectivity index (χ3n) is 3.34. The lowest BCUT2D eigenvalue weighted by Gasteiger charge is -2.07. The van der Waals surface area contributed by atoms with Gasteiger partial charge < -0.3 is 4.74 Å². The summed E-state index contributed by atoms with van der Waals surface area (Å²) in [5, 5.41) is 6.76. The molecule has 1 heterocycles.